The summed E-state index contributed by atoms with van der Waals surface area (Å²) in [4.78, 5) is 17.5. The Bertz CT molecular complexity index is 783. The van der Waals surface area contributed by atoms with E-state index in [1.165, 1.54) is 0 Å². The Balaban J connectivity index is 1.81. The Labute approximate surface area is 154 Å². The fourth-order valence-electron chi connectivity index (χ4n) is 3.36. The van der Waals surface area contributed by atoms with E-state index in [0.29, 0.717) is 17.9 Å². The first-order valence-corrected chi connectivity index (χ1v) is 9.08. The number of ketones is 1. The van der Waals surface area contributed by atoms with E-state index in [9.17, 15) is 4.79 Å². The molecule has 0 spiro atoms. The fraction of sp³-hybridized carbons (Fsp3) is 0.364. The quantitative estimate of drug-likeness (QED) is 0.708. The first kappa shape index (κ1) is 18.2. The monoisotopic (exact) mass is 351 g/mol. The molecule has 4 heteroatoms. The molecule has 1 aliphatic rings. The molecule has 0 N–H and O–H groups in total. The van der Waals surface area contributed by atoms with Crippen molar-refractivity contribution in [3.05, 3.63) is 59.7 Å². The van der Waals surface area contributed by atoms with Crippen LogP contribution in [0.5, 0.6) is 11.5 Å². The van der Waals surface area contributed by atoms with Crippen molar-refractivity contribution in [1.82, 2.24) is 0 Å². The van der Waals surface area contributed by atoms with E-state index in [4.69, 9.17) is 14.5 Å². The van der Waals surface area contributed by atoms with Crippen molar-refractivity contribution >= 4 is 11.5 Å². The van der Waals surface area contributed by atoms with Gasteiger partial charge in [-0.05, 0) is 43.0 Å². The highest BCUT2D eigenvalue weighted by atomic mass is 16.5. The molecule has 2 aromatic carbocycles. The molecule has 2 aromatic rings. The van der Waals surface area contributed by atoms with Gasteiger partial charge in [0.1, 0.15) is 0 Å². The van der Waals surface area contributed by atoms with Gasteiger partial charge in [0, 0.05) is 17.7 Å². The Hall–Kier alpha value is -2.62. The Morgan fingerprint density at radius 1 is 1.04 bits per heavy atom. The number of aliphatic imine (C=N–C) groups is 1. The van der Waals surface area contributed by atoms with Gasteiger partial charge in [0.15, 0.2) is 17.3 Å². The van der Waals surface area contributed by atoms with E-state index in [1.54, 1.807) is 14.2 Å². The molecule has 0 saturated heterocycles. The molecular weight excluding hydrogens is 326 g/mol. The number of benzene rings is 2. The summed E-state index contributed by atoms with van der Waals surface area (Å²) < 4.78 is 10.7. The topological polar surface area (TPSA) is 47.9 Å². The number of carbonyl (C=O) groups excluding carboxylic acids is 1. The average Bonchev–Trinajstić information content (AvgIpc) is 2.93. The van der Waals surface area contributed by atoms with Crippen LogP contribution < -0.4 is 9.47 Å². The summed E-state index contributed by atoms with van der Waals surface area (Å²) >= 11 is 0. The van der Waals surface area contributed by atoms with Crippen LogP contribution in [0.4, 0.5) is 0 Å². The highest BCUT2D eigenvalue weighted by Crippen LogP contribution is 2.29. The van der Waals surface area contributed by atoms with Crippen LogP contribution in [0, 0.1) is 0 Å². The molecule has 4 nitrogen and oxygen atoms in total. The maximum atomic E-state index is 12.5. The van der Waals surface area contributed by atoms with Gasteiger partial charge in [-0.15, -0.1) is 0 Å². The molecule has 1 unspecified atom stereocenters. The zero-order valence-electron chi connectivity index (χ0n) is 15.4. The highest BCUT2D eigenvalue weighted by Gasteiger charge is 2.19. The first-order valence-electron chi connectivity index (χ1n) is 9.08. The van der Waals surface area contributed by atoms with E-state index in [2.05, 4.69) is 0 Å². The SMILES string of the molecule is COc1ccc(C2=NC(CC(=O)c3ccccc3)CCCC2)cc1OC. The predicted octanol–water partition coefficient (Wildman–Crippen LogP) is 4.71. The van der Waals surface area contributed by atoms with E-state index < -0.39 is 0 Å². The number of ether oxygens (including phenoxy) is 2. The lowest BCUT2D eigenvalue weighted by atomic mass is 10.0. The molecule has 0 amide bonds. The number of carbonyl (C=O) groups is 1. The van der Waals surface area contributed by atoms with Crippen molar-refractivity contribution in [2.24, 2.45) is 4.99 Å². The number of Topliss-reactive ketones (excluding diaryl/α,β-unsaturated/α-hetero) is 1. The molecule has 0 fully saturated rings. The van der Waals surface area contributed by atoms with Crippen LogP contribution in [0.2, 0.25) is 0 Å². The van der Waals surface area contributed by atoms with Gasteiger partial charge in [0.2, 0.25) is 0 Å². The zero-order valence-corrected chi connectivity index (χ0v) is 15.4. The van der Waals surface area contributed by atoms with Crippen LogP contribution in [0.25, 0.3) is 0 Å². The lowest BCUT2D eigenvalue weighted by Crippen LogP contribution is -2.13. The number of nitrogens with zero attached hydrogens (tertiary/aromatic N) is 1. The van der Waals surface area contributed by atoms with Crippen molar-refractivity contribution in [2.75, 3.05) is 14.2 Å². The normalized spacial score (nSPS) is 17.2. The summed E-state index contributed by atoms with van der Waals surface area (Å²) in [5, 5.41) is 0. The highest BCUT2D eigenvalue weighted by molar-refractivity contribution is 6.02. The van der Waals surface area contributed by atoms with Crippen LogP contribution in [0.1, 0.15) is 48.0 Å². The van der Waals surface area contributed by atoms with Gasteiger partial charge in [-0.25, -0.2) is 0 Å². The molecule has 1 atom stereocenters. The van der Waals surface area contributed by atoms with Crippen LogP contribution in [0.3, 0.4) is 0 Å². The molecule has 0 saturated carbocycles. The van der Waals surface area contributed by atoms with Gasteiger partial charge < -0.3 is 9.47 Å². The molecule has 0 aliphatic carbocycles. The standard InChI is InChI=1S/C22H25NO3/c1-25-21-13-12-17(14-22(21)26-2)19-11-7-6-10-18(23-19)15-20(24)16-8-4-3-5-9-16/h3-5,8-9,12-14,18H,6-7,10-11,15H2,1-2H3. The van der Waals surface area contributed by atoms with Crippen LogP contribution in [0.15, 0.2) is 53.5 Å². The van der Waals surface area contributed by atoms with Crippen molar-refractivity contribution in [3.63, 3.8) is 0 Å². The smallest absolute Gasteiger partial charge is 0.165 e. The molecule has 0 bridgehead atoms. The minimum atomic E-state index is 0.0355. The predicted molar refractivity (Wildman–Crippen MR) is 104 cm³/mol. The van der Waals surface area contributed by atoms with E-state index in [0.717, 1.165) is 42.5 Å². The Morgan fingerprint density at radius 3 is 2.54 bits per heavy atom. The maximum Gasteiger partial charge on any atom is 0.165 e. The molecule has 1 aliphatic heterocycles. The van der Waals surface area contributed by atoms with Crippen LogP contribution in [-0.2, 0) is 0 Å². The van der Waals surface area contributed by atoms with Crippen molar-refractivity contribution in [1.29, 1.82) is 0 Å². The summed E-state index contributed by atoms with van der Waals surface area (Å²) in [5.74, 6) is 1.57. The summed E-state index contributed by atoms with van der Waals surface area (Å²) in [5.41, 5.74) is 2.86. The van der Waals surface area contributed by atoms with Gasteiger partial charge in [-0.1, -0.05) is 36.8 Å². The number of hydrogen-bond donors (Lipinski definition) is 0. The third kappa shape index (κ3) is 4.31. The average molecular weight is 351 g/mol. The van der Waals surface area contributed by atoms with E-state index >= 15 is 0 Å². The van der Waals surface area contributed by atoms with Gasteiger partial charge in [0.25, 0.3) is 0 Å². The lowest BCUT2D eigenvalue weighted by molar-refractivity contribution is 0.0973. The molecule has 1 heterocycles. The van der Waals surface area contributed by atoms with Gasteiger partial charge in [0.05, 0.1) is 20.3 Å². The summed E-state index contributed by atoms with van der Waals surface area (Å²) in [6.07, 6.45) is 4.51. The van der Waals surface area contributed by atoms with Crippen LogP contribution >= 0.6 is 0 Å². The third-order valence-corrected chi connectivity index (χ3v) is 4.77. The summed E-state index contributed by atoms with van der Waals surface area (Å²) in [6.45, 7) is 0. The Kier molecular flexibility index (Phi) is 6.05. The summed E-state index contributed by atoms with van der Waals surface area (Å²) in [6, 6.07) is 15.4. The largest absolute Gasteiger partial charge is 0.493 e. The second kappa shape index (κ2) is 8.65. The lowest BCUT2D eigenvalue weighted by Gasteiger charge is -2.13. The van der Waals surface area contributed by atoms with E-state index in [-0.39, 0.29) is 11.8 Å². The second-order valence-electron chi connectivity index (χ2n) is 6.54. The van der Waals surface area contributed by atoms with Crippen molar-refractivity contribution < 1.29 is 14.3 Å². The maximum absolute atomic E-state index is 12.5. The van der Waals surface area contributed by atoms with E-state index in [1.807, 2.05) is 48.5 Å². The van der Waals surface area contributed by atoms with Crippen molar-refractivity contribution in [3.8, 4) is 11.5 Å². The number of rotatable bonds is 6. The Morgan fingerprint density at radius 2 is 1.81 bits per heavy atom. The number of hydrogen-bond acceptors (Lipinski definition) is 4. The minimum absolute atomic E-state index is 0.0355. The molecule has 136 valence electrons. The molecule has 0 aromatic heterocycles. The zero-order chi connectivity index (χ0) is 18.4. The minimum Gasteiger partial charge on any atom is -0.493 e. The van der Waals surface area contributed by atoms with Gasteiger partial charge in [-0.3, -0.25) is 9.79 Å². The molecule has 3 rings (SSSR count). The third-order valence-electron chi connectivity index (χ3n) is 4.77. The summed E-state index contributed by atoms with van der Waals surface area (Å²) in [7, 11) is 3.27. The molecule has 0 radical (unpaired) electrons. The fourth-order valence-corrected chi connectivity index (χ4v) is 3.36. The molecule has 26 heavy (non-hydrogen) atoms. The van der Waals surface area contributed by atoms with Gasteiger partial charge >= 0.3 is 0 Å². The molecular formula is C22H25NO3. The second-order valence-corrected chi connectivity index (χ2v) is 6.54. The number of methoxy groups -OCH3 is 2. The van der Waals surface area contributed by atoms with Crippen molar-refractivity contribution in [2.45, 2.75) is 38.1 Å². The van der Waals surface area contributed by atoms with Crippen LogP contribution in [-0.4, -0.2) is 31.8 Å². The first-order chi connectivity index (χ1) is 12.7. The van der Waals surface area contributed by atoms with Gasteiger partial charge in [-0.2, -0.15) is 0 Å².